The molecule has 2 N–H and O–H groups in total. The molecule has 0 aliphatic carbocycles. The van der Waals surface area contributed by atoms with E-state index in [1.54, 1.807) is 6.07 Å². The van der Waals surface area contributed by atoms with E-state index in [1.807, 2.05) is 0 Å². The van der Waals surface area contributed by atoms with Crippen LogP contribution >= 0.6 is 15.9 Å². The van der Waals surface area contributed by atoms with Gasteiger partial charge in [0.05, 0.1) is 27.7 Å². The minimum absolute atomic E-state index is 0.00180. The van der Waals surface area contributed by atoms with Gasteiger partial charge in [-0.3, -0.25) is 4.72 Å². The Morgan fingerprint density at radius 3 is 2.50 bits per heavy atom. The number of carboxylic acid groups (broad SMARTS) is 1. The molecule has 0 saturated carbocycles. The van der Waals surface area contributed by atoms with Crippen LogP contribution in [0, 0.1) is 0 Å². The molecular formula is C14H12BrNO5S. The number of para-hydroxylation sites is 1. The Morgan fingerprint density at radius 2 is 1.91 bits per heavy atom. The van der Waals surface area contributed by atoms with Gasteiger partial charge in [0, 0.05) is 0 Å². The van der Waals surface area contributed by atoms with E-state index < -0.39 is 16.0 Å². The third-order valence-corrected chi connectivity index (χ3v) is 4.82. The second kappa shape index (κ2) is 6.37. The van der Waals surface area contributed by atoms with Gasteiger partial charge in [0.25, 0.3) is 10.0 Å². The second-order valence-electron chi connectivity index (χ2n) is 4.25. The van der Waals surface area contributed by atoms with Gasteiger partial charge >= 0.3 is 5.97 Å². The standard InChI is InChI=1S/C14H12BrNO5S/c1-21-13-7-6-9(8-11(13)15)22(19,20)16-12-5-3-2-4-10(12)14(17)18/h2-8,16H,1H3,(H,17,18). The summed E-state index contributed by atoms with van der Waals surface area (Å²) in [5, 5.41) is 9.09. The molecule has 0 fully saturated rings. The van der Waals surface area contributed by atoms with Gasteiger partial charge in [-0.25, -0.2) is 13.2 Å². The van der Waals surface area contributed by atoms with Gasteiger partial charge in [-0.15, -0.1) is 0 Å². The van der Waals surface area contributed by atoms with Crippen LogP contribution in [0.5, 0.6) is 5.75 Å². The van der Waals surface area contributed by atoms with E-state index >= 15 is 0 Å². The van der Waals surface area contributed by atoms with Crippen molar-refractivity contribution in [3.05, 3.63) is 52.5 Å². The maximum absolute atomic E-state index is 12.4. The molecule has 0 saturated heterocycles. The van der Waals surface area contributed by atoms with E-state index in [0.29, 0.717) is 10.2 Å². The molecule has 0 bridgehead atoms. The molecule has 2 rings (SSSR count). The lowest BCUT2D eigenvalue weighted by Crippen LogP contribution is -2.15. The average molecular weight is 386 g/mol. The Bertz CT molecular complexity index is 820. The summed E-state index contributed by atoms with van der Waals surface area (Å²) in [6.45, 7) is 0. The molecule has 116 valence electrons. The predicted octanol–water partition coefficient (Wildman–Crippen LogP) is 2.96. The Hall–Kier alpha value is -2.06. The highest BCUT2D eigenvalue weighted by Crippen LogP contribution is 2.28. The zero-order chi connectivity index (χ0) is 16.3. The summed E-state index contributed by atoms with van der Waals surface area (Å²) in [6.07, 6.45) is 0. The van der Waals surface area contributed by atoms with E-state index in [4.69, 9.17) is 9.84 Å². The van der Waals surface area contributed by atoms with E-state index in [-0.39, 0.29) is 16.1 Å². The largest absolute Gasteiger partial charge is 0.496 e. The van der Waals surface area contributed by atoms with Gasteiger partial charge in [0.2, 0.25) is 0 Å². The number of anilines is 1. The molecule has 0 amide bonds. The lowest BCUT2D eigenvalue weighted by Gasteiger charge is -2.11. The summed E-state index contributed by atoms with van der Waals surface area (Å²) in [7, 11) is -2.45. The minimum Gasteiger partial charge on any atom is -0.496 e. The average Bonchev–Trinajstić information content (AvgIpc) is 2.47. The van der Waals surface area contributed by atoms with Crippen LogP contribution in [0.3, 0.4) is 0 Å². The Balaban J connectivity index is 2.40. The first-order valence-corrected chi connectivity index (χ1v) is 8.31. The SMILES string of the molecule is COc1ccc(S(=O)(=O)Nc2ccccc2C(=O)O)cc1Br. The van der Waals surface area contributed by atoms with Gasteiger partial charge in [0.15, 0.2) is 0 Å². The first-order chi connectivity index (χ1) is 10.3. The number of hydrogen-bond acceptors (Lipinski definition) is 4. The molecule has 0 unspecified atom stereocenters. The number of benzene rings is 2. The number of nitrogens with one attached hydrogen (secondary N) is 1. The van der Waals surface area contributed by atoms with E-state index in [2.05, 4.69) is 20.7 Å². The molecule has 2 aromatic rings. The van der Waals surface area contributed by atoms with Crippen LogP contribution in [-0.2, 0) is 10.0 Å². The predicted molar refractivity (Wildman–Crippen MR) is 84.9 cm³/mol. The third-order valence-electron chi connectivity index (χ3n) is 2.84. The number of sulfonamides is 1. The molecular weight excluding hydrogens is 374 g/mol. The number of carbonyl (C=O) groups is 1. The minimum atomic E-state index is -3.92. The van der Waals surface area contributed by atoms with Crippen molar-refractivity contribution in [2.45, 2.75) is 4.90 Å². The molecule has 0 aliphatic heterocycles. The zero-order valence-electron chi connectivity index (χ0n) is 11.4. The molecule has 22 heavy (non-hydrogen) atoms. The monoisotopic (exact) mass is 385 g/mol. The molecule has 0 heterocycles. The number of ether oxygens (including phenoxy) is 1. The van der Waals surface area contributed by atoms with Crippen LogP contribution < -0.4 is 9.46 Å². The summed E-state index contributed by atoms with van der Waals surface area (Å²) in [5.74, 6) is -0.723. The Morgan fingerprint density at radius 1 is 1.23 bits per heavy atom. The number of carboxylic acids is 1. The van der Waals surface area contributed by atoms with Crippen LogP contribution in [0.1, 0.15) is 10.4 Å². The molecule has 0 atom stereocenters. The third kappa shape index (κ3) is 3.40. The fourth-order valence-corrected chi connectivity index (χ4v) is 3.57. The topological polar surface area (TPSA) is 92.7 Å². The highest BCUT2D eigenvalue weighted by atomic mass is 79.9. The van der Waals surface area contributed by atoms with Gasteiger partial charge in [-0.1, -0.05) is 12.1 Å². The van der Waals surface area contributed by atoms with Crippen LogP contribution in [-0.4, -0.2) is 26.6 Å². The van der Waals surface area contributed by atoms with E-state index in [1.165, 1.54) is 43.5 Å². The second-order valence-corrected chi connectivity index (χ2v) is 6.79. The maximum atomic E-state index is 12.4. The van der Waals surface area contributed by atoms with E-state index in [9.17, 15) is 13.2 Å². The summed E-state index contributed by atoms with van der Waals surface area (Å²) in [6, 6.07) is 10.0. The van der Waals surface area contributed by atoms with Crippen molar-refractivity contribution in [1.82, 2.24) is 0 Å². The maximum Gasteiger partial charge on any atom is 0.337 e. The van der Waals surface area contributed by atoms with Crippen molar-refractivity contribution < 1.29 is 23.1 Å². The molecule has 0 spiro atoms. The van der Waals surface area contributed by atoms with Crippen molar-refractivity contribution in [2.24, 2.45) is 0 Å². The number of hydrogen-bond donors (Lipinski definition) is 2. The van der Waals surface area contributed by atoms with Gasteiger partial charge in [-0.05, 0) is 46.3 Å². The molecule has 0 aliphatic rings. The quantitative estimate of drug-likeness (QED) is 0.824. The van der Waals surface area contributed by atoms with Crippen molar-refractivity contribution in [2.75, 3.05) is 11.8 Å². The Kier molecular flexibility index (Phi) is 4.72. The summed E-state index contributed by atoms with van der Waals surface area (Å²) in [5.41, 5.74) is -0.124. The molecule has 8 heteroatoms. The summed E-state index contributed by atoms with van der Waals surface area (Å²) >= 11 is 3.21. The fraction of sp³-hybridized carbons (Fsp3) is 0.0714. The van der Waals surface area contributed by atoms with Crippen LogP contribution in [0.4, 0.5) is 5.69 Å². The number of methoxy groups -OCH3 is 1. The highest BCUT2D eigenvalue weighted by molar-refractivity contribution is 9.10. The molecule has 2 aromatic carbocycles. The number of rotatable bonds is 5. The Labute approximate surface area is 135 Å². The first-order valence-electron chi connectivity index (χ1n) is 6.04. The summed E-state index contributed by atoms with van der Waals surface area (Å²) in [4.78, 5) is 11.1. The number of halogens is 1. The smallest absolute Gasteiger partial charge is 0.337 e. The van der Waals surface area contributed by atoms with Crippen molar-refractivity contribution >= 4 is 37.6 Å². The van der Waals surface area contributed by atoms with Crippen LogP contribution in [0.2, 0.25) is 0 Å². The van der Waals surface area contributed by atoms with Crippen LogP contribution in [0.25, 0.3) is 0 Å². The van der Waals surface area contributed by atoms with Gasteiger partial charge in [-0.2, -0.15) is 0 Å². The van der Waals surface area contributed by atoms with Gasteiger partial charge < -0.3 is 9.84 Å². The fourth-order valence-electron chi connectivity index (χ4n) is 1.78. The normalized spacial score (nSPS) is 11.0. The van der Waals surface area contributed by atoms with Crippen molar-refractivity contribution in [3.8, 4) is 5.75 Å². The lowest BCUT2D eigenvalue weighted by molar-refractivity contribution is 0.0698. The highest BCUT2D eigenvalue weighted by Gasteiger charge is 2.19. The van der Waals surface area contributed by atoms with Gasteiger partial charge in [0.1, 0.15) is 5.75 Å². The molecule has 6 nitrogen and oxygen atoms in total. The van der Waals surface area contributed by atoms with Crippen LogP contribution in [0.15, 0.2) is 51.8 Å². The number of aromatic carboxylic acids is 1. The lowest BCUT2D eigenvalue weighted by atomic mass is 10.2. The van der Waals surface area contributed by atoms with Crippen molar-refractivity contribution in [3.63, 3.8) is 0 Å². The van der Waals surface area contributed by atoms with Crippen molar-refractivity contribution in [1.29, 1.82) is 0 Å². The summed E-state index contributed by atoms with van der Waals surface area (Å²) < 4.78 is 32.5. The first kappa shape index (κ1) is 16.3. The van der Waals surface area contributed by atoms with E-state index in [0.717, 1.165) is 0 Å². The molecule has 0 aromatic heterocycles. The zero-order valence-corrected chi connectivity index (χ0v) is 13.8. The molecule has 0 radical (unpaired) electrons.